The van der Waals surface area contributed by atoms with E-state index in [1.54, 1.807) is 18.9 Å². The Morgan fingerprint density at radius 1 is 1.12 bits per heavy atom. The number of hydrogen-bond donors (Lipinski definition) is 1. The van der Waals surface area contributed by atoms with Crippen LogP contribution < -0.4 is 5.32 Å². The SMILES string of the molecule is COC1=C(C(=O)Nc2ccc(C)cc2)CS/C1=C\c1ccccc1. The highest BCUT2D eigenvalue weighted by molar-refractivity contribution is 8.04. The number of amides is 1. The Labute approximate surface area is 146 Å². The van der Waals surface area contributed by atoms with Gasteiger partial charge in [-0.05, 0) is 30.7 Å². The van der Waals surface area contributed by atoms with Gasteiger partial charge in [-0.15, -0.1) is 11.8 Å². The van der Waals surface area contributed by atoms with E-state index in [0.29, 0.717) is 17.1 Å². The van der Waals surface area contributed by atoms with Crippen LogP contribution in [0.25, 0.3) is 6.08 Å². The number of aryl methyl sites for hydroxylation is 1. The topological polar surface area (TPSA) is 38.3 Å². The minimum absolute atomic E-state index is 0.111. The van der Waals surface area contributed by atoms with Gasteiger partial charge in [-0.3, -0.25) is 4.79 Å². The second-order valence-electron chi connectivity index (χ2n) is 5.54. The molecule has 122 valence electrons. The van der Waals surface area contributed by atoms with Crippen LogP contribution >= 0.6 is 11.8 Å². The Morgan fingerprint density at radius 3 is 2.50 bits per heavy atom. The summed E-state index contributed by atoms with van der Waals surface area (Å²) < 4.78 is 5.52. The molecule has 0 atom stereocenters. The van der Waals surface area contributed by atoms with Crippen molar-refractivity contribution in [3.8, 4) is 0 Å². The first-order valence-corrected chi connectivity index (χ1v) is 8.71. The lowest BCUT2D eigenvalue weighted by Gasteiger charge is -2.08. The number of carbonyl (C=O) groups excluding carboxylic acids is 1. The van der Waals surface area contributed by atoms with Crippen LogP contribution in [0, 0.1) is 6.92 Å². The summed E-state index contributed by atoms with van der Waals surface area (Å²) in [6.45, 7) is 2.02. The van der Waals surface area contributed by atoms with Gasteiger partial charge in [0, 0.05) is 11.4 Å². The van der Waals surface area contributed by atoms with Crippen molar-refractivity contribution >= 4 is 29.4 Å². The highest BCUT2D eigenvalue weighted by atomic mass is 32.2. The number of hydrogen-bond acceptors (Lipinski definition) is 3. The Bertz CT molecular complexity index is 792. The summed E-state index contributed by atoms with van der Waals surface area (Å²) in [5.41, 5.74) is 3.72. The van der Waals surface area contributed by atoms with Gasteiger partial charge in [0.05, 0.1) is 17.6 Å². The third-order valence-electron chi connectivity index (χ3n) is 3.75. The van der Waals surface area contributed by atoms with E-state index < -0.39 is 0 Å². The molecule has 0 radical (unpaired) electrons. The molecule has 1 heterocycles. The molecular weight excluding hydrogens is 318 g/mol. The Hall–Kier alpha value is -2.46. The van der Waals surface area contributed by atoms with E-state index in [0.717, 1.165) is 21.7 Å². The lowest BCUT2D eigenvalue weighted by molar-refractivity contribution is -0.112. The normalized spacial score (nSPS) is 15.7. The first-order valence-electron chi connectivity index (χ1n) is 7.72. The van der Waals surface area contributed by atoms with Crippen LogP contribution in [0.3, 0.4) is 0 Å². The van der Waals surface area contributed by atoms with Crippen molar-refractivity contribution in [3.05, 3.63) is 82.0 Å². The van der Waals surface area contributed by atoms with E-state index in [2.05, 4.69) is 11.4 Å². The quantitative estimate of drug-likeness (QED) is 0.884. The van der Waals surface area contributed by atoms with Gasteiger partial charge in [-0.25, -0.2) is 0 Å². The van der Waals surface area contributed by atoms with Crippen molar-refractivity contribution in [3.63, 3.8) is 0 Å². The zero-order valence-electron chi connectivity index (χ0n) is 13.7. The molecule has 1 aliphatic heterocycles. The molecule has 0 aliphatic carbocycles. The summed E-state index contributed by atoms with van der Waals surface area (Å²) in [4.78, 5) is 13.6. The van der Waals surface area contributed by atoms with Crippen LogP contribution in [0.4, 0.5) is 5.69 Å². The summed E-state index contributed by atoms with van der Waals surface area (Å²) >= 11 is 1.62. The molecule has 0 saturated heterocycles. The van der Waals surface area contributed by atoms with Crippen molar-refractivity contribution in [2.75, 3.05) is 18.2 Å². The summed E-state index contributed by atoms with van der Waals surface area (Å²) in [7, 11) is 1.61. The zero-order valence-corrected chi connectivity index (χ0v) is 14.5. The minimum Gasteiger partial charge on any atom is -0.495 e. The van der Waals surface area contributed by atoms with Gasteiger partial charge in [-0.2, -0.15) is 0 Å². The van der Waals surface area contributed by atoms with Crippen molar-refractivity contribution in [1.82, 2.24) is 0 Å². The smallest absolute Gasteiger partial charge is 0.256 e. The Balaban J connectivity index is 1.83. The van der Waals surface area contributed by atoms with E-state index in [1.807, 2.05) is 61.5 Å². The molecule has 2 aromatic carbocycles. The van der Waals surface area contributed by atoms with Gasteiger partial charge >= 0.3 is 0 Å². The number of carbonyl (C=O) groups is 1. The van der Waals surface area contributed by atoms with Gasteiger partial charge in [-0.1, -0.05) is 48.0 Å². The van der Waals surface area contributed by atoms with Gasteiger partial charge in [0.25, 0.3) is 5.91 Å². The molecule has 1 amide bonds. The predicted octanol–water partition coefficient (Wildman–Crippen LogP) is 4.62. The molecule has 1 N–H and O–H groups in total. The largest absolute Gasteiger partial charge is 0.495 e. The van der Waals surface area contributed by atoms with Crippen LogP contribution in [0.1, 0.15) is 11.1 Å². The molecule has 0 unspecified atom stereocenters. The van der Waals surface area contributed by atoms with Crippen molar-refractivity contribution in [1.29, 1.82) is 0 Å². The van der Waals surface area contributed by atoms with E-state index in [-0.39, 0.29) is 5.91 Å². The van der Waals surface area contributed by atoms with Gasteiger partial charge < -0.3 is 10.1 Å². The van der Waals surface area contributed by atoms with E-state index in [4.69, 9.17) is 4.74 Å². The highest BCUT2D eigenvalue weighted by Gasteiger charge is 2.26. The first-order chi connectivity index (χ1) is 11.7. The number of thioether (sulfide) groups is 1. The number of rotatable bonds is 4. The second-order valence-corrected chi connectivity index (χ2v) is 6.56. The number of ether oxygens (including phenoxy) is 1. The molecule has 0 bridgehead atoms. The van der Waals surface area contributed by atoms with Gasteiger partial charge in [0.1, 0.15) is 5.76 Å². The molecular formula is C20H19NO2S. The van der Waals surface area contributed by atoms with E-state index in [9.17, 15) is 4.79 Å². The van der Waals surface area contributed by atoms with Gasteiger partial charge in [0.15, 0.2) is 0 Å². The monoisotopic (exact) mass is 337 g/mol. The fourth-order valence-electron chi connectivity index (χ4n) is 2.47. The summed E-state index contributed by atoms with van der Waals surface area (Å²) in [6.07, 6.45) is 2.05. The molecule has 0 fully saturated rings. The van der Waals surface area contributed by atoms with Crippen LogP contribution in [-0.2, 0) is 9.53 Å². The summed E-state index contributed by atoms with van der Waals surface area (Å²) in [5, 5.41) is 2.94. The average molecular weight is 337 g/mol. The molecule has 3 rings (SSSR count). The Kier molecular flexibility index (Phi) is 5.06. The predicted molar refractivity (Wildman–Crippen MR) is 101 cm³/mol. The molecule has 0 spiro atoms. The molecule has 24 heavy (non-hydrogen) atoms. The summed E-state index contributed by atoms with van der Waals surface area (Å²) in [6, 6.07) is 17.8. The fourth-order valence-corrected chi connectivity index (χ4v) is 3.59. The maximum Gasteiger partial charge on any atom is 0.256 e. The number of anilines is 1. The van der Waals surface area contributed by atoms with Crippen molar-refractivity contribution in [2.24, 2.45) is 0 Å². The second kappa shape index (κ2) is 7.41. The van der Waals surface area contributed by atoms with Crippen LogP contribution in [-0.4, -0.2) is 18.8 Å². The number of methoxy groups -OCH3 is 1. The highest BCUT2D eigenvalue weighted by Crippen LogP contribution is 2.38. The third kappa shape index (κ3) is 3.71. The lowest BCUT2D eigenvalue weighted by Crippen LogP contribution is -2.16. The van der Waals surface area contributed by atoms with Crippen molar-refractivity contribution < 1.29 is 9.53 Å². The maximum absolute atomic E-state index is 12.6. The van der Waals surface area contributed by atoms with E-state index in [1.165, 1.54) is 0 Å². The lowest BCUT2D eigenvalue weighted by atomic mass is 10.1. The zero-order chi connectivity index (χ0) is 16.9. The number of benzene rings is 2. The van der Waals surface area contributed by atoms with Crippen molar-refractivity contribution in [2.45, 2.75) is 6.92 Å². The number of nitrogens with one attached hydrogen (secondary N) is 1. The third-order valence-corrected chi connectivity index (χ3v) is 4.80. The standard InChI is InChI=1S/C20H19NO2S/c1-14-8-10-16(11-9-14)21-20(22)17-13-24-18(19(17)23-2)12-15-6-4-3-5-7-15/h3-12H,13H2,1-2H3,(H,21,22)/b18-12-. The molecule has 0 aromatic heterocycles. The van der Waals surface area contributed by atoms with Crippen LogP contribution in [0.5, 0.6) is 0 Å². The van der Waals surface area contributed by atoms with Crippen LogP contribution in [0.2, 0.25) is 0 Å². The maximum atomic E-state index is 12.6. The minimum atomic E-state index is -0.111. The van der Waals surface area contributed by atoms with E-state index >= 15 is 0 Å². The molecule has 1 aliphatic rings. The Morgan fingerprint density at radius 2 is 1.83 bits per heavy atom. The summed E-state index contributed by atoms with van der Waals surface area (Å²) in [5.74, 6) is 1.16. The molecule has 4 heteroatoms. The molecule has 0 saturated carbocycles. The molecule has 2 aromatic rings. The van der Waals surface area contributed by atoms with Crippen LogP contribution in [0.15, 0.2) is 70.8 Å². The average Bonchev–Trinajstić information content (AvgIpc) is 3.00. The first kappa shape index (κ1) is 16.4. The van der Waals surface area contributed by atoms with Gasteiger partial charge in [0.2, 0.25) is 0 Å². The molecule has 3 nitrogen and oxygen atoms in total. The fraction of sp³-hybridized carbons (Fsp3) is 0.150.